The summed E-state index contributed by atoms with van der Waals surface area (Å²) in [6.07, 6.45) is 1.58. The summed E-state index contributed by atoms with van der Waals surface area (Å²) in [7, 11) is 0. The van der Waals surface area contributed by atoms with Crippen molar-refractivity contribution < 1.29 is 39.4 Å². The molecule has 1 fully saturated rings. The minimum absolute atomic E-state index is 0. The summed E-state index contributed by atoms with van der Waals surface area (Å²) in [4.78, 5) is 4.59. The molecule has 0 radical (unpaired) electrons. The van der Waals surface area contributed by atoms with Crippen molar-refractivity contribution in [2.45, 2.75) is 10.5 Å². The second-order valence-electron chi connectivity index (χ2n) is 3.54. The molecule has 0 unspecified atom stereocenters. The zero-order chi connectivity index (χ0) is 10.9. The fraction of sp³-hybridized carbons (Fsp3) is 0.444. The Morgan fingerprint density at radius 2 is 2.31 bits per heavy atom. The number of pyridine rings is 1. The summed E-state index contributed by atoms with van der Waals surface area (Å²) in [5.74, 6) is 0.504. The summed E-state index contributed by atoms with van der Waals surface area (Å²) in [5.41, 5.74) is -0.803. The van der Waals surface area contributed by atoms with Crippen LogP contribution in [0.15, 0.2) is 17.2 Å². The van der Waals surface area contributed by atoms with Crippen LogP contribution in [-0.4, -0.2) is 35.5 Å². The predicted molar refractivity (Wildman–Crippen MR) is 59.1 cm³/mol. The van der Waals surface area contributed by atoms with Crippen LogP contribution in [0.2, 0.25) is 5.02 Å². The molecular formula is C9H10ClN2NaO2S. The molecule has 82 valence electrons. The first kappa shape index (κ1) is 14.4. The van der Waals surface area contributed by atoms with E-state index in [0.717, 1.165) is 0 Å². The Labute approximate surface area is 126 Å². The number of nitrogens with zero attached hydrogens (tertiary/aromatic N) is 1. The Morgan fingerprint density at radius 1 is 1.62 bits per heavy atom. The third-order valence-corrected chi connectivity index (χ3v) is 3.02. The summed E-state index contributed by atoms with van der Waals surface area (Å²) >= 11 is 10.9. The van der Waals surface area contributed by atoms with Crippen LogP contribution in [0.25, 0.3) is 0 Å². The number of halogens is 1. The van der Waals surface area contributed by atoms with Gasteiger partial charge >= 0.3 is 29.6 Å². The topological polar surface area (TPSA) is 54.4 Å². The SMILES string of the molecule is OC1(CNc2nccc([S-])c2Cl)COC1.[Na+]. The van der Waals surface area contributed by atoms with Crippen LogP contribution in [0.4, 0.5) is 5.82 Å². The third kappa shape index (κ3) is 3.20. The molecule has 0 atom stereocenters. The monoisotopic (exact) mass is 268 g/mol. The Kier molecular flexibility index (Phi) is 5.25. The molecule has 0 bridgehead atoms. The molecule has 1 aromatic heterocycles. The molecule has 1 aliphatic rings. The van der Waals surface area contributed by atoms with Gasteiger partial charge < -0.3 is 27.8 Å². The number of ether oxygens (including phenoxy) is 1. The molecule has 2 rings (SSSR count). The van der Waals surface area contributed by atoms with Crippen LogP contribution >= 0.6 is 11.6 Å². The van der Waals surface area contributed by atoms with E-state index in [-0.39, 0.29) is 29.6 Å². The maximum Gasteiger partial charge on any atom is 1.00 e. The molecule has 0 amide bonds. The Hall–Kier alpha value is 0.380. The normalized spacial score (nSPS) is 17.1. The Balaban J connectivity index is 0.00000128. The molecule has 4 nitrogen and oxygen atoms in total. The van der Waals surface area contributed by atoms with Gasteiger partial charge in [-0.1, -0.05) is 17.7 Å². The minimum Gasteiger partial charge on any atom is -0.778 e. The molecule has 16 heavy (non-hydrogen) atoms. The molecular weight excluding hydrogens is 259 g/mol. The molecule has 0 aliphatic carbocycles. The minimum atomic E-state index is -0.803. The van der Waals surface area contributed by atoms with Gasteiger partial charge in [0.15, 0.2) is 0 Å². The second kappa shape index (κ2) is 5.82. The van der Waals surface area contributed by atoms with Crippen molar-refractivity contribution in [3.8, 4) is 0 Å². The molecule has 1 saturated heterocycles. The third-order valence-electron chi connectivity index (χ3n) is 2.18. The second-order valence-corrected chi connectivity index (χ2v) is 4.36. The summed E-state index contributed by atoms with van der Waals surface area (Å²) in [6.45, 7) is 1.04. The van der Waals surface area contributed by atoms with Crippen molar-refractivity contribution in [3.63, 3.8) is 0 Å². The number of aliphatic hydroxyl groups is 1. The van der Waals surface area contributed by atoms with Gasteiger partial charge in [0.25, 0.3) is 0 Å². The van der Waals surface area contributed by atoms with Crippen LogP contribution in [0.5, 0.6) is 0 Å². The van der Waals surface area contributed by atoms with Crippen LogP contribution in [0, 0.1) is 0 Å². The van der Waals surface area contributed by atoms with Crippen molar-refractivity contribution in [1.82, 2.24) is 4.98 Å². The zero-order valence-electron chi connectivity index (χ0n) is 8.86. The van der Waals surface area contributed by atoms with Gasteiger partial charge in [-0.25, -0.2) is 4.98 Å². The average molecular weight is 269 g/mol. The van der Waals surface area contributed by atoms with E-state index in [1.165, 1.54) is 0 Å². The van der Waals surface area contributed by atoms with Crippen LogP contribution in [-0.2, 0) is 17.4 Å². The summed E-state index contributed by atoms with van der Waals surface area (Å²) < 4.78 is 4.92. The number of hydrogen-bond acceptors (Lipinski definition) is 5. The molecule has 0 aromatic carbocycles. The van der Waals surface area contributed by atoms with Gasteiger partial charge in [0, 0.05) is 12.7 Å². The van der Waals surface area contributed by atoms with Crippen molar-refractivity contribution in [1.29, 1.82) is 0 Å². The average Bonchev–Trinajstić information content (AvgIpc) is 2.17. The molecule has 0 spiro atoms. The molecule has 2 N–H and O–H groups in total. The fourth-order valence-corrected chi connectivity index (χ4v) is 1.57. The molecule has 0 saturated carbocycles. The predicted octanol–water partition coefficient (Wildman–Crippen LogP) is -2.18. The first-order valence-corrected chi connectivity index (χ1v) is 5.25. The van der Waals surface area contributed by atoms with E-state index in [0.29, 0.717) is 35.5 Å². The van der Waals surface area contributed by atoms with Gasteiger partial charge in [-0.3, -0.25) is 0 Å². The van der Waals surface area contributed by atoms with E-state index >= 15 is 0 Å². The summed E-state index contributed by atoms with van der Waals surface area (Å²) in [5, 5.41) is 13.1. The van der Waals surface area contributed by atoms with Gasteiger partial charge in [-0.05, 0) is 0 Å². The van der Waals surface area contributed by atoms with Gasteiger partial charge in [0.05, 0.1) is 18.2 Å². The Bertz CT molecular complexity index is 377. The maximum absolute atomic E-state index is 9.75. The van der Waals surface area contributed by atoms with E-state index in [9.17, 15) is 5.11 Å². The van der Waals surface area contributed by atoms with Gasteiger partial charge in [0.1, 0.15) is 11.4 Å². The zero-order valence-corrected chi connectivity index (χ0v) is 12.4. The van der Waals surface area contributed by atoms with E-state index in [1.54, 1.807) is 12.3 Å². The molecule has 1 aliphatic heterocycles. The van der Waals surface area contributed by atoms with E-state index in [1.807, 2.05) is 0 Å². The first-order chi connectivity index (χ1) is 7.11. The van der Waals surface area contributed by atoms with Gasteiger partial charge in [-0.2, -0.15) is 4.90 Å². The number of anilines is 1. The van der Waals surface area contributed by atoms with Crippen LogP contribution in [0.3, 0.4) is 0 Å². The van der Waals surface area contributed by atoms with Gasteiger partial charge in [0.2, 0.25) is 0 Å². The number of hydrogen-bond donors (Lipinski definition) is 2. The van der Waals surface area contributed by atoms with E-state index < -0.39 is 5.60 Å². The maximum atomic E-state index is 9.75. The Morgan fingerprint density at radius 3 is 2.88 bits per heavy atom. The molecule has 1 aromatic rings. The summed E-state index contributed by atoms with van der Waals surface area (Å²) in [6, 6.07) is 1.66. The fourth-order valence-electron chi connectivity index (χ4n) is 1.24. The molecule has 2 heterocycles. The van der Waals surface area contributed by atoms with Crippen molar-refractivity contribution in [2.24, 2.45) is 0 Å². The number of nitrogens with one attached hydrogen (secondary N) is 1. The van der Waals surface area contributed by atoms with Gasteiger partial charge in [-0.15, -0.1) is 0 Å². The smallest absolute Gasteiger partial charge is 0.778 e. The van der Waals surface area contributed by atoms with Crippen LogP contribution in [0.1, 0.15) is 0 Å². The van der Waals surface area contributed by atoms with Crippen molar-refractivity contribution in [2.75, 3.05) is 25.1 Å². The van der Waals surface area contributed by atoms with Crippen molar-refractivity contribution in [3.05, 3.63) is 17.3 Å². The largest absolute Gasteiger partial charge is 1.00 e. The van der Waals surface area contributed by atoms with E-state index in [2.05, 4.69) is 10.3 Å². The van der Waals surface area contributed by atoms with E-state index in [4.69, 9.17) is 29.0 Å². The van der Waals surface area contributed by atoms with Crippen molar-refractivity contribution >= 4 is 30.0 Å². The number of aromatic nitrogens is 1. The number of rotatable bonds is 3. The quantitative estimate of drug-likeness (QED) is 0.482. The van der Waals surface area contributed by atoms with Crippen LogP contribution < -0.4 is 34.9 Å². The first-order valence-electron chi connectivity index (χ1n) is 4.46. The standard InChI is InChI=1S/C9H11ClN2O2S.Na/c10-7-6(15)1-2-11-8(7)12-3-9(13)4-14-5-9;/h1-2,13H,3-5H2,(H2,11,12,15);/q;+1/p-1. The molecule has 7 heteroatoms.